The lowest BCUT2D eigenvalue weighted by Gasteiger charge is -2.24. The van der Waals surface area contributed by atoms with Crippen LogP contribution in [0.1, 0.15) is 52.1 Å². The predicted molar refractivity (Wildman–Crippen MR) is 166 cm³/mol. The van der Waals surface area contributed by atoms with E-state index < -0.39 is 9.84 Å². The van der Waals surface area contributed by atoms with Gasteiger partial charge in [0.05, 0.1) is 39.9 Å². The third-order valence-corrected chi connectivity index (χ3v) is 9.75. The second-order valence-electron chi connectivity index (χ2n) is 11.0. The fourth-order valence-electron chi connectivity index (χ4n) is 5.74. The summed E-state index contributed by atoms with van der Waals surface area (Å²) in [6.45, 7) is 4.86. The maximum Gasteiger partial charge on any atom is 0.255 e. The van der Waals surface area contributed by atoms with Crippen molar-refractivity contribution in [3.05, 3.63) is 119 Å². The van der Waals surface area contributed by atoms with E-state index in [2.05, 4.69) is 19.1 Å². The highest BCUT2D eigenvalue weighted by Gasteiger charge is 2.33. The summed E-state index contributed by atoms with van der Waals surface area (Å²) in [7, 11) is -3.15. The van der Waals surface area contributed by atoms with Crippen LogP contribution >= 0.6 is 0 Å². The second kappa shape index (κ2) is 11.5. The number of fused-ring (bicyclic) bond motifs is 1. The minimum atomic E-state index is -3.15. The Labute approximate surface area is 246 Å². The third kappa shape index (κ3) is 5.72. The fraction of sp³-hybridized carbons (Fsp3) is 0.265. The number of aromatic nitrogens is 3. The monoisotopic (exact) mass is 578 g/mol. The van der Waals surface area contributed by atoms with Gasteiger partial charge in [-0.15, -0.1) is 0 Å². The lowest BCUT2D eigenvalue weighted by molar-refractivity contribution is 0.0732. The van der Waals surface area contributed by atoms with Crippen molar-refractivity contribution < 1.29 is 13.2 Å². The Kier molecular flexibility index (Phi) is 7.64. The zero-order chi connectivity index (χ0) is 29.3. The van der Waals surface area contributed by atoms with Gasteiger partial charge in [-0.25, -0.2) is 18.1 Å². The first-order valence-corrected chi connectivity index (χ1v) is 16.2. The Bertz CT molecular complexity index is 1790. The summed E-state index contributed by atoms with van der Waals surface area (Å²) in [6, 6.07) is 29.7. The zero-order valence-corrected chi connectivity index (χ0v) is 24.7. The first-order valence-electron chi connectivity index (χ1n) is 14.4. The van der Waals surface area contributed by atoms with Crippen molar-refractivity contribution >= 4 is 26.8 Å². The van der Waals surface area contributed by atoms with Crippen molar-refractivity contribution in [3.63, 3.8) is 0 Å². The summed E-state index contributed by atoms with van der Waals surface area (Å²) in [5.41, 5.74) is 6.57. The first kappa shape index (κ1) is 27.8. The fourth-order valence-corrected chi connectivity index (χ4v) is 7.43. The van der Waals surface area contributed by atoms with E-state index in [4.69, 9.17) is 10.1 Å². The lowest BCUT2D eigenvalue weighted by Crippen LogP contribution is -2.30. The molecule has 214 valence electrons. The van der Waals surface area contributed by atoms with Gasteiger partial charge in [0.2, 0.25) is 0 Å². The normalized spacial score (nSPS) is 16.1. The molecule has 42 heavy (non-hydrogen) atoms. The summed E-state index contributed by atoms with van der Waals surface area (Å²) >= 11 is 0. The molecule has 6 rings (SSSR count). The summed E-state index contributed by atoms with van der Waals surface area (Å²) in [5, 5.41) is 5.46. The Hall–Kier alpha value is -4.30. The van der Waals surface area contributed by atoms with Crippen LogP contribution in [0.5, 0.6) is 0 Å². The SMILES string of the molecule is CCc1ccc(-c2cc(C(=O)N(Cc3ccccc3)Cc3ccccc3)c3c(C)nn(C4CCS(=O)(=O)C4)c3n2)cc1. The number of hydrogen-bond donors (Lipinski definition) is 0. The Morgan fingerprint density at radius 2 is 1.52 bits per heavy atom. The molecular weight excluding hydrogens is 544 g/mol. The number of pyridine rings is 1. The van der Waals surface area contributed by atoms with Gasteiger partial charge >= 0.3 is 0 Å². The molecule has 8 heteroatoms. The van der Waals surface area contributed by atoms with Crippen molar-refractivity contribution in [2.24, 2.45) is 0 Å². The maximum atomic E-state index is 14.6. The van der Waals surface area contributed by atoms with E-state index in [1.54, 1.807) is 4.68 Å². The minimum Gasteiger partial charge on any atom is -0.330 e. The molecule has 3 heterocycles. The van der Waals surface area contributed by atoms with Crippen molar-refractivity contribution in [1.82, 2.24) is 19.7 Å². The molecule has 1 amide bonds. The van der Waals surface area contributed by atoms with E-state index in [1.807, 2.05) is 90.7 Å². The van der Waals surface area contributed by atoms with E-state index in [0.717, 1.165) is 23.1 Å². The van der Waals surface area contributed by atoms with Gasteiger partial charge < -0.3 is 4.90 Å². The summed E-state index contributed by atoms with van der Waals surface area (Å²) in [6.07, 6.45) is 1.40. The van der Waals surface area contributed by atoms with Crippen molar-refractivity contribution in [1.29, 1.82) is 0 Å². The van der Waals surface area contributed by atoms with E-state index in [0.29, 0.717) is 47.5 Å². The number of hydrogen-bond acceptors (Lipinski definition) is 5. The van der Waals surface area contributed by atoms with Crippen molar-refractivity contribution in [2.75, 3.05) is 11.5 Å². The topological polar surface area (TPSA) is 85.2 Å². The molecule has 1 aliphatic rings. The predicted octanol–water partition coefficient (Wildman–Crippen LogP) is 6.17. The van der Waals surface area contributed by atoms with E-state index >= 15 is 0 Å². The molecule has 7 nitrogen and oxygen atoms in total. The summed E-state index contributed by atoms with van der Waals surface area (Å²) in [5.74, 6) is 0.0325. The largest absolute Gasteiger partial charge is 0.330 e. The molecule has 2 aromatic heterocycles. The number of amides is 1. The molecule has 1 fully saturated rings. The Morgan fingerprint density at radius 3 is 2.07 bits per heavy atom. The van der Waals surface area contributed by atoms with Gasteiger partial charge in [0.1, 0.15) is 0 Å². The molecule has 1 saturated heterocycles. The smallest absolute Gasteiger partial charge is 0.255 e. The highest BCUT2D eigenvalue weighted by molar-refractivity contribution is 7.91. The number of aryl methyl sites for hydroxylation is 2. The number of sulfone groups is 1. The van der Waals surface area contributed by atoms with Gasteiger partial charge in [0.15, 0.2) is 15.5 Å². The quantitative estimate of drug-likeness (QED) is 0.220. The molecule has 1 atom stereocenters. The molecule has 3 aromatic carbocycles. The average Bonchev–Trinajstić information content (AvgIpc) is 3.55. The van der Waals surface area contributed by atoms with E-state index in [1.165, 1.54) is 5.56 Å². The van der Waals surface area contributed by atoms with Crippen LogP contribution in [0, 0.1) is 6.92 Å². The van der Waals surface area contributed by atoms with Crippen molar-refractivity contribution in [2.45, 2.75) is 45.8 Å². The van der Waals surface area contributed by atoms with Gasteiger partial charge in [-0.2, -0.15) is 5.10 Å². The van der Waals surface area contributed by atoms with Gasteiger partial charge in [-0.05, 0) is 42.5 Å². The molecule has 0 bridgehead atoms. The van der Waals surface area contributed by atoms with Crippen LogP contribution in [0.15, 0.2) is 91.0 Å². The van der Waals surface area contributed by atoms with E-state index in [-0.39, 0.29) is 23.5 Å². The molecule has 1 aliphatic heterocycles. The standard InChI is InChI=1S/C34H34N4O3S/c1-3-25-14-16-28(17-15-25)31-20-30(32-24(2)36-38(33(32)35-31)29-18-19-42(40,41)23-29)34(39)37(21-26-10-6-4-7-11-26)22-27-12-8-5-9-13-27/h4-17,20,29H,3,18-19,21-23H2,1-2H3. The van der Waals surface area contributed by atoms with Crippen LogP contribution in [-0.4, -0.2) is 45.5 Å². The molecule has 0 aliphatic carbocycles. The highest BCUT2D eigenvalue weighted by atomic mass is 32.2. The molecular formula is C34H34N4O3S. The Morgan fingerprint density at radius 1 is 0.905 bits per heavy atom. The van der Waals surface area contributed by atoms with Crippen LogP contribution in [0.25, 0.3) is 22.3 Å². The van der Waals surface area contributed by atoms with Crippen LogP contribution < -0.4 is 0 Å². The molecule has 0 saturated carbocycles. The number of benzene rings is 3. The third-order valence-electron chi connectivity index (χ3n) is 8.00. The number of rotatable bonds is 8. The molecule has 0 spiro atoms. The summed E-state index contributed by atoms with van der Waals surface area (Å²) < 4.78 is 26.5. The summed E-state index contributed by atoms with van der Waals surface area (Å²) in [4.78, 5) is 21.5. The minimum absolute atomic E-state index is 0.0255. The van der Waals surface area contributed by atoms with Crippen LogP contribution in [0.3, 0.4) is 0 Å². The van der Waals surface area contributed by atoms with Crippen LogP contribution in [-0.2, 0) is 29.3 Å². The maximum absolute atomic E-state index is 14.6. The lowest BCUT2D eigenvalue weighted by atomic mass is 10.0. The van der Waals surface area contributed by atoms with Gasteiger partial charge in [-0.1, -0.05) is 91.9 Å². The van der Waals surface area contributed by atoms with Crippen molar-refractivity contribution in [3.8, 4) is 11.3 Å². The highest BCUT2D eigenvalue weighted by Crippen LogP contribution is 2.33. The zero-order valence-electron chi connectivity index (χ0n) is 23.9. The molecule has 1 unspecified atom stereocenters. The molecule has 5 aromatic rings. The first-order chi connectivity index (χ1) is 20.3. The van der Waals surface area contributed by atoms with Crippen LogP contribution in [0.2, 0.25) is 0 Å². The molecule has 0 radical (unpaired) electrons. The van der Waals surface area contributed by atoms with Crippen LogP contribution in [0.4, 0.5) is 0 Å². The molecule has 0 N–H and O–H groups in total. The number of carbonyl (C=O) groups is 1. The van der Waals surface area contributed by atoms with E-state index in [9.17, 15) is 13.2 Å². The number of nitrogens with zero attached hydrogens (tertiary/aromatic N) is 4. The Balaban J connectivity index is 1.51. The second-order valence-corrected chi connectivity index (χ2v) is 13.3. The van der Waals surface area contributed by atoms with Gasteiger partial charge in [0, 0.05) is 18.7 Å². The number of carbonyl (C=O) groups excluding carboxylic acids is 1. The van der Waals surface area contributed by atoms with Gasteiger partial charge in [0.25, 0.3) is 5.91 Å². The van der Waals surface area contributed by atoms with Gasteiger partial charge in [-0.3, -0.25) is 4.79 Å². The average molecular weight is 579 g/mol.